The molecule has 0 aromatic heterocycles. The van der Waals surface area contributed by atoms with Crippen molar-refractivity contribution in [2.45, 2.75) is 32.7 Å². The van der Waals surface area contributed by atoms with Crippen LogP contribution in [0.1, 0.15) is 47.4 Å². The zero-order chi connectivity index (χ0) is 23.8. The van der Waals surface area contributed by atoms with Gasteiger partial charge in [0.1, 0.15) is 11.8 Å². The van der Waals surface area contributed by atoms with Crippen molar-refractivity contribution >= 4 is 17.7 Å². The summed E-state index contributed by atoms with van der Waals surface area (Å²) in [4.78, 5) is 42.7. The molecule has 1 N–H and O–H groups in total. The Bertz CT molecular complexity index is 951. The van der Waals surface area contributed by atoms with Crippen molar-refractivity contribution in [3.63, 3.8) is 0 Å². The number of likely N-dealkylation sites (tertiary alicyclic amines) is 1. The van der Waals surface area contributed by atoms with Crippen LogP contribution in [-0.4, -0.2) is 66.9 Å². The van der Waals surface area contributed by atoms with E-state index in [1.54, 1.807) is 36.3 Å². The Morgan fingerprint density at radius 3 is 2.24 bits per heavy atom. The monoisotopic (exact) mass is 451 g/mol. The van der Waals surface area contributed by atoms with Crippen LogP contribution in [0.4, 0.5) is 0 Å². The van der Waals surface area contributed by atoms with E-state index in [0.29, 0.717) is 55.9 Å². The number of rotatable bonds is 8. The number of methoxy groups -OCH3 is 1. The smallest absolute Gasteiger partial charge is 0.253 e. The molecular formula is C26H33N3O4. The molecule has 33 heavy (non-hydrogen) atoms. The number of carbonyl (C=O) groups is 3. The highest BCUT2D eigenvalue weighted by Gasteiger charge is 2.35. The quantitative estimate of drug-likeness (QED) is 0.669. The summed E-state index contributed by atoms with van der Waals surface area (Å²) in [6, 6.07) is 15.5. The fraction of sp³-hybridized carbons (Fsp3) is 0.423. The van der Waals surface area contributed by atoms with Crippen LogP contribution in [0.3, 0.4) is 0 Å². The number of benzene rings is 2. The summed E-state index contributed by atoms with van der Waals surface area (Å²) in [6.07, 6.45) is 1.29. The maximum Gasteiger partial charge on any atom is 0.253 e. The van der Waals surface area contributed by atoms with Crippen molar-refractivity contribution in [1.29, 1.82) is 0 Å². The number of amides is 3. The van der Waals surface area contributed by atoms with E-state index in [-0.39, 0.29) is 23.6 Å². The minimum Gasteiger partial charge on any atom is -0.497 e. The molecule has 3 rings (SSSR count). The second-order valence-corrected chi connectivity index (χ2v) is 8.19. The SMILES string of the molecule is CCN(CC)C(=O)[C@@H](NC(=O)c1cccc(OC)c1)C1CCN(C(=O)c2ccccc2)CC1. The molecule has 2 aromatic carbocycles. The van der Waals surface area contributed by atoms with E-state index in [0.717, 1.165) is 0 Å². The van der Waals surface area contributed by atoms with Gasteiger partial charge in [0.2, 0.25) is 5.91 Å². The van der Waals surface area contributed by atoms with Gasteiger partial charge in [-0.3, -0.25) is 14.4 Å². The molecule has 0 bridgehead atoms. The van der Waals surface area contributed by atoms with Crippen LogP contribution in [-0.2, 0) is 4.79 Å². The van der Waals surface area contributed by atoms with Crippen LogP contribution >= 0.6 is 0 Å². The minimum atomic E-state index is -0.641. The minimum absolute atomic E-state index is 0.00101. The molecule has 1 atom stereocenters. The Labute approximate surface area is 195 Å². The fourth-order valence-corrected chi connectivity index (χ4v) is 4.30. The van der Waals surface area contributed by atoms with Gasteiger partial charge in [0.15, 0.2) is 0 Å². The molecule has 1 heterocycles. The summed E-state index contributed by atoms with van der Waals surface area (Å²) >= 11 is 0. The van der Waals surface area contributed by atoms with E-state index in [4.69, 9.17) is 4.74 Å². The molecular weight excluding hydrogens is 418 g/mol. The van der Waals surface area contributed by atoms with Gasteiger partial charge >= 0.3 is 0 Å². The average Bonchev–Trinajstić information content (AvgIpc) is 2.88. The molecule has 0 spiro atoms. The number of nitrogens with one attached hydrogen (secondary N) is 1. The van der Waals surface area contributed by atoms with Crippen molar-refractivity contribution < 1.29 is 19.1 Å². The lowest BCUT2D eigenvalue weighted by atomic mass is 9.87. The summed E-state index contributed by atoms with van der Waals surface area (Å²) in [6.45, 7) is 6.12. The van der Waals surface area contributed by atoms with Gasteiger partial charge in [-0.15, -0.1) is 0 Å². The van der Waals surface area contributed by atoms with Gasteiger partial charge in [0, 0.05) is 37.3 Å². The summed E-state index contributed by atoms with van der Waals surface area (Å²) < 4.78 is 5.22. The van der Waals surface area contributed by atoms with Crippen LogP contribution in [0, 0.1) is 5.92 Å². The number of carbonyl (C=O) groups excluding carboxylic acids is 3. The van der Waals surface area contributed by atoms with E-state index < -0.39 is 6.04 Å². The van der Waals surface area contributed by atoms with Crippen molar-refractivity contribution in [3.05, 3.63) is 65.7 Å². The van der Waals surface area contributed by atoms with Gasteiger partial charge in [-0.1, -0.05) is 24.3 Å². The Morgan fingerprint density at radius 2 is 1.64 bits per heavy atom. The zero-order valence-corrected chi connectivity index (χ0v) is 19.6. The number of nitrogens with zero attached hydrogens (tertiary/aromatic N) is 2. The number of piperidine rings is 1. The molecule has 0 radical (unpaired) electrons. The van der Waals surface area contributed by atoms with Crippen molar-refractivity contribution in [2.24, 2.45) is 5.92 Å². The molecule has 1 fully saturated rings. The summed E-state index contributed by atoms with van der Waals surface area (Å²) in [7, 11) is 1.55. The van der Waals surface area contributed by atoms with E-state index in [9.17, 15) is 14.4 Å². The molecule has 2 aromatic rings. The van der Waals surface area contributed by atoms with E-state index in [1.165, 1.54) is 0 Å². The highest BCUT2D eigenvalue weighted by atomic mass is 16.5. The van der Waals surface area contributed by atoms with Gasteiger partial charge in [-0.2, -0.15) is 0 Å². The van der Waals surface area contributed by atoms with Crippen LogP contribution in [0.15, 0.2) is 54.6 Å². The van der Waals surface area contributed by atoms with Crippen LogP contribution < -0.4 is 10.1 Å². The highest BCUT2D eigenvalue weighted by Crippen LogP contribution is 2.24. The maximum absolute atomic E-state index is 13.3. The molecule has 7 heteroatoms. The summed E-state index contributed by atoms with van der Waals surface area (Å²) in [5.41, 5.74) is 1.11. The molecule has 0 unspecified atom stereocenters. The Morgan fingerprint density at radius 1 is 1.00 bits per heavy atom. The third-order valence-electron chi connectivity index (χ3n) is 6.28. The summed E-state index contributed by atoms with van der Waals surface area (Å²) in [5, 5.41) is 2.99. The van der Waals surface area contributed by atoms with Gasteiger partial charge in [-0.25, -0.2) is 0 Å². The topological polar surface area (TPSA) is 79.0 Å². The Kier molecular flexibility index (Phi) is 8.46. The molecule has 0 aliphatic carbocycles. The third kappa shape index (κ3) is 5.92. The molecule has 0 saturated carbocycles. The number of hydrogen-bond donors (Lipinski definition) is 1. The number of ether oxygens (including phenoxy) is 1. The molecule has 1 aliphatic rings. The largest absolute Gasteiger partial charge is 0.497 e. The predicted molar refractivity (Wildman–Crippen MR) is 127 cm³/mol. The highest BCUT2D eigenvalue weighted by molar-refractivity contribution is 5.98. The van der Waals surface area contributed by atoms with Crippen molar-refractivity contribution in [3.8, 4) is 5.75 Å². The molecule has 3 amide bonds. The summed E-state index contributed by atoms with van der Waals surface area (Å²) in [5.74, 6) is 0.154. The van der Waals surface area contributed by atoms with Crippen LogP contribution in [0.25, 0.3) is 0 Å². The van der Waals surface area contributed by atoms with E-state index >= 15 is 0 Å². The van der Waals surface area contributed by atoms with Crippen LogP contribution in [0.2, 0.25) is 0 Å². The lowest BCUT2D eigenvalue weighted by molar-refractivity contribution is -0.134. The molecule has 1 saturated heterocycles. The average molecular weight is 452 g/mol. The first kappa shape index (κ1) is 24.3. The first-order chi connectivity index (χ1) is 16.0. The van der Waals surface area contributed by atoms with Crippen molar-refractivity contribution in [1.82, 2.24) is 15.1 Å². The zero-order valence-electron chi connectivity index (χ0n) is 19.6. The maximum atomic E-state index is 13.3. The van der Waals surface area contributed by atoms with Gasteiger partial charge < -0.3 is 19.9 Å². The third-order valence-corrected chi connectivity index (χ3v) is 6.28. The molecule has 176 valence electrons. The Hall–Kier alpha value is -3.35. The number of likely N-dealkylation sites (N-methyl/N-ethyl adjacent to an activating group) is 1. The van der Waals surface area contributed by atoms with Gasteiger partial charge in [0.25, 0.3) is 11.8 Å². The lowest BCUT2D eigenvalue weighted by Crippen LogP contribution is -2.54. The predicted octanol–water partition coefficient (Wildman–Crippen LogP) is 3.21. The van der Waals surface area contributed by atoms with Crippen LogP contribution in [0.5, 0.6) is 5.75 Å². The standard InChI is InChI=1S/C26H33N3O4/c1-4-28(5-2)26(32)23(27-24(30)21-12-9-13-22(18-21)33-3)19-14-16-29(17-15-19)25(31)20-10-7-6-8-11-20/h6-13,18-19,23H,4-5,14-17H2,1-3H3,(H,27,30)/t23-/m0/s1. The Balaban J connectivity index is 1.74. The first-order valence-electron chi connectivity index (χ1n) is 11.6. The van der Waals surface area contributed by atoms with E-state index in [1.807, 2.05) is 49.1 Å². The second-order valence-electron chi connectivity index (χ2n) is 8.19. The van der Waals surface area contributed by atoms with Crippen molar-refractivity contribution in [2.75, 3.05) is 33.3 Å². The first-order valence-corrected chi connectivity index (χ1v) is 11.6. The molecule has 7 nitrogen and oxygen atoms in total. The number of hydrogen-bond acceptors (Lipinski definition) is 4. The fourth-order valence-electron chi connectivity index (χ4n) is 4.30. The van der Waals surface area contributed by atoms with Gasteiger partial charge in [0.05, 0.1) is 7.11 Å². The van der Waals surface area contributed by atoms with E-state index in [2.05, 4.69) is 5.32 Å². The normalized spacial score (nSPS) is 14.9. The molecule has 1 aliphatic heterocycles. The lowest BCUT2D eigenvalue weighted by Gasteiger charge is -2.37. The van der Waals surface area contributed by atoms with Gasteiger partial charge in [-0.05, 0) is 62.9 Å². The second kappa shape index (κ2) is 11.5.